The standard InChI is InChI=1S/C16H19F3N2S/c1-10-12(9-11-5-4-8-21(11)2)15-13(20-10)6-3-7-14(15)22-16(17,18)19/h3,6-7,11,20H,4-5,8-9H2,1-2H3/t11-/m1/s1/i2D3. The van der Waals surface area contributed by atoms with Crippen LogP contribution in [-0.2, 0) is 6.42 Å². The van der Waals surface area contributed by atoms with Gasteiger partial charge in [0.05, 0.1) is 0 Å². The average molecular weight is 331 g/mol. The van der Waals surface area contributed by atoms with E-state index >= 15 is 0 Å². The molecule has 6 heteroatoms. The number of aromatic amines is 1. The Morgan fingerprint density at radius 3 is 3.00 bits per heavy atom. The van der Waals surface area contributed by atoms with Crippen molar-refractivity contribution in [3.05, 3.63) is 29.5 Å². The number of thioether (sulfide) groups is 1. The molecule has 3 rings (SSSR count). The van der Waals surface area contributed by atoms with E-state index in [4.69, 9.17) is 4.11 Å². The molecule has 0 radical (unpaired) electrons. The average Bonchev–Trinajstić information content (AvgIpc) is 3.03. The molecule has 0 spiro atoms. The first-order chi connectivity index (χ1) is 11.6. The lowest BCUT2D eigenvalue weighted by Crippen LogP contribution is -2.27. The minimum atomic E-state index is -4.37. The molecule has 1 aromatic carbocycles. The molecular formula is C16H19F3N2S. The maximum absolute atomic E-state index is 12.9. The van der Waals surface area contributed by atoms with Crippen molar-refractivity contribution in [1.29, 1.82) is 0 Å². The quantitative estimate of drug-likeness (QED) is 0.820. The third-order valence-corrected chi connectivity index (χ3v) is 4.94. The molecule has 1 N–H and O–H groups in total. The predicted octanol–water partition coefficient (Wildman–Crippen LogP) is 4.72. The molecule has 1 aliphatic heterocycles. The van der Waals surface area contributed by atoms with Crippen molar-refractivity contribution < 1.29 is 17.3 Å². The van der Waals surface area contributed by atoms with Gasteiger partial charge in [-0.2, -0.15) is 13.2 Å². The van der Waals surface area contributed by atoms with Crippen LogP contribution in [0.3, 0.4) is 0 Å². The number of H-pyrrole nitrogens is 1. The third kappa shape index (κ3) is 3.13. The van der Waals surface area contributed by atoms with Crippen LogP contribution in [0.2, 0.25) is 0 Å². The topological polar surface area (TPSA) is 19.0 Å². The van der Waals surface area contributed by atoms with Gasteiger partial charge in [-0.15, -0.1) is 0 Å². The van der Waals surface area contributed by atoms with Crippen LogP contribution in [-0.4, -0.2) is 35.0 Å². The molecule has 2 heterocycles. The van der Waals surface area contributed by atoms with Crippen LogP contribution in [0.4, 0.5) is 13.2 Å². The fourth-order valence-corrected chi connectivity index (χ4v) is 3.89. The highest BCUT2D eigenvalue weighted by atomic mass is 32.2. The highest BCUT2D eigenvalue weighted by molar-refractivity contribution is 8.00. The molecule has 1 atom stereocenters. The number of aryl methyl sites for hydroxylation is 1. The van der Waals surface area contributed by atoms with E-state index in [1.807, 2.05) is 6.92 Å². The number of halogens is 3. The first-order valence-corrected chi connectivity index (χ1v) is 8.00. The molecule has 0 saturated carbocycles. The Kier molecular flexibility index (Phi) is 3.25. The fourth-order valence-electron chi connectivity index (χ4n) is 3.16. The first-order valence-electron chi connectivity index (χ1n) is 8.69. The van der Waals surface area contributed by atoms with Crippen molar-refractivity contribution in [2.24, 2.45) is 0 Å². The number of likely N-dealkylation sites (tertiary alicyclic amines) is 1. The van der Waals surface area contributed by atoms with Crippen molar-refractivity contribution in [2.45, 2.75) is 42.6 Å². The number of alkyl halides is 3. The Hall–Kier alpha value is -1.14. The van der Waals surface area contributed by atoms with Gasteiger partial charge in [-0.3, -0.25) is 0 Å². The smallest absolute Gasteiger partial charge is 0.358 e. The van der Waals surface area contributed by atoms with Crippen LogP contribution in [0.25, 0.3) is 10.9 Å². The SMILES string of the molecule is [2H]C([2H])([2H])N1CCC[C@@H]1Cc1c(C)[nH]c2cccc(SC(F)(F)F)c12. The van der Waals surface area contributed by atoms with Crippen LogP contribution in [0.1, 0.15) is 28.2 Å². The molecule has 2 aromatic rings. The Morgan fingerprint density at radius 1 is 1.45 bits per heavy atom. The zero-order chi connectivity index (χ0) is 18.4. The van der Waals surface area contributed by atoms with E-state index < -0.39 is 12.5 Å². The Balaban J connectivity index is 2.00. The molecule has 0 amide bonds. The van der Waals surface area contributed by atoms with Gasteiger partial charge in [-0.05, 0) is 69.2 Å². The lowest BCUT2D eigenvalue weighted by molar-refractivity contribution is -0.0327. The summed E-state index contributed by atoms with van der Waals surface area (Å²) < 4.78 is 61.7. The van der Waals surface area contributed by atoms with Gasteiger partial charge in [0, 0.05) is 31.6 Å². The van der Waals surface area contributed by atoms with E-state index in [1.165, 1.54) is 11.0 Å². The molecule has 1 aliphatic rings. The summed E-state index contributed by atoms with van der Waals surface area (Å²) >= 11 is -0.123. The lowest BCUT2D eigenvalue weighted by Gasteiger charge is -2.20. The molecule has 1 saturated heterocycles. The molecule has 1 aromatic heterocycles. The number of rotatable bonds is 3. The molecule has 120 valence electrons. The number of hydrogen-bond donors (Lipinski definition) is 1. The molecular weight excluding hydrogens is 309 g/mol. The number of benzene rings is 1. The number of hydrogen-bond acceptors (Lipinski definition) is 2. The summed E-state index contributed by atoms with van der Waals surface area (Å²) in [5, 5.41) is 0.555. The summed E-state index contributed by atoms with van der Waals surface area (Å²) in [6.07, 6.45) is 1.95. The van der Waals surface area contributed by atoms with E-state index in [9.17, 15) is 13.2 Å². The lowest BCUT2D eigenvalue weighted by atomic mass is 10.0. The molecule has 0 bridgehead atoms. The van der Waals surface area contributed by atoms with Crippen molar-refractivity contribution in [3.8, 4) is 0 Å². The Bertz CT molecular complexity index is 770. The number of nitrogens with zero attached hydrogens (tertiary/aromatic N) is 1. The minimum Gasteiger partial charge on any atom is -0.358 e. The van der Waals surface area contributed by atoms with Crippen molar-refractivity contribution >= 4 is 22.7 Å². The van der Waals surface area contributed by atoms with Gasteiger partial charge < -0.3 is 9.88 Å². The number of aromatic nitrogens is 1. The highest BCUT2D eigenvalue weighted by Gasteiger charge is 2.31. The number of fused-ring (bicyclic) bond motifs is 1. The molecule has 1 fully saturated rings. The summed E-state index contributed by atoms with van der Waals surface area (Å²) in [7, 11) is 0. The van der Waals surface area contributed by atoms with Crippen LogP contribution < -0.4 is 0 Å². The molecule has 2 nitrogen and oxygen atoms in total. The van der Waals surface area contributed by atoms with Crippen molar-refractivity contribution in [3.63, 3.8) is 0 Å². The molecule has 0 aliphatic carbocycles. The summed E-state index contributed by atoms with van der Waals surface area (Å²) in [4.78, 5) is 4.79. The Labute approximate surface area is 136 Å². The van der Waals surface area contributed by atoms with E-state index in [0.29, 0.717) is 23.9 Å². The zero-order valence-corrected chi connectivity index (χ0v) is 12.9. The van der Waals surface area contributed by atoms with E-state index in [2.05, 4.69) is 4.98 Å². The second-order valence-electron chi connectivity index (χ2n) is 5.65. The van der Waals surface area contributed by atoms with Gasteiger partial charge in [0.15, 0.2) is 0 Å². The summed E-state index contributed by atoms with van der Waals surface area (Å²) in [6, 6.07) is 4.63. The van der Waals surface area contributed by atoms with Crippen molar-refractivity contribution in [2.75, 3.05) is 13.5 Å². The zero-order valence-electron chi connectivity index (χ0n) is 15.1. The van der Waals surface area contributed by atoms with Crippen LogP contribution in [0, 0.1) is 6.92 Å². The Morgan fingerprint density at radius 2 is 2.27 bits per heavy atom. The van der Waals surface area contributed by atoms with E-state index in [1.54, 1.807) is 12.1 Å². The largest absolute Gasteiger partial charge is 0.446 e. The third-order valence-electron chi connectivity index (χ3n) is 4.15. The first kappa shape index (κ1) is 12.3. The van der Waals surface area contributed by atoms with Gasteiger partial charge in [0.1, 0.15) is 0 Å². The normalized spacial score (nSPS) is 22.7. The monoisotopic (exact) mass is 331 g/mol. The number of nitrogens with one attached hydrogen (secondary N) is 1. The van der Waals surface area contributed by atoms with Crippen LogP contribution in [0.5, 0.6) is 0 Å². The predicted molar refractivity (Wildman–Crippen MR) is 84.3 cm³/mol. The maximum atomic E-state index is 12.9. The van der Waals surface area contributed by atoms with E-state index in [-0.39, 0.29) is 22.7 Å². The van der Waals surface area contributed by atoms with Crippen LogP contribution >= 0.6 is 11.8 Å². The highest BCUT2D eigenvalue weighted by Crippen LogP contribution is 2.42. The van der Waals surface area contributed by atoms with Gasteiger partial charge in [-0.1, -0.05) is 6.07 Å². The molecule has 0 unspecified atom stereocenters. The summed E-state index contributed by atoms with van der Waals surface area (Å²) in [6.45, 7) is 0.142. The van der Waals surface area contributed by atoms with Crippen LogP contribution in [0.15, 0.2) is 23.1 Å². The second-order valence-corrected chi connectivity index (χ2v) is 6.76. The minimum absolute atomic E-state index is 0.123. The fraction of sp³-hybridized carbons (Fsp3) is 0.500. The van der Waals surface area contributed by atoms with Gasteiger partial charge in [0.25, 0.3) is 0 Å². The van der Waals surface area contributed by atoms with Gasteiger partial charge in [0.2, 0.25) is 0 Å². The maximum Gasteiger partial charge on any atom is 0.446 e. The van der Waals surface area contributed by atoms with Crippen molar-refractivity contribution in [1.82, 2.24) is 9.88 Å². The molecule has 22 heavy (non-hydrogen) atoms. The van der Waals surface area contributed by atoms with E-state index in [0.717, 1.165) is 24.1 Å². The van der Waals surface area contributed by atoms with Gasteiger partial charge >= 0.3 is 5.51 Å². The summed E-state index contributed by atoms with van der Waals surface area (Å²) in [5.41, 5.74) is -2.14. The second kappa shape index (κ2) is 5.81. The van der Waals surface area contributed by atoms with Gasteiger partial charge in [-0.25, -0.2) is 0 Å². The summed E-state index contributed by atoms with van der Waals surface area (Å²) in [5.74, 6) is 0. The number of likely N-dealkylation sites (N-methyl/N-ethyl adjacent to an activating group) is 1.